The zero-order valence-corrected chi connectivity index (χ0v) is 11.3. The number of rotatable bonds is 3. The molecule has 1 aromatic rings. The molecule has 0 amide bonds. The summed E-state index contributed by atoms with van der Waals surface area (Å²) < 4.78 is 10.7. The number of ether oxygens (including phenoxy) is 2. The molecule has 0 aliphatic carbocycles. The monoisotopic (exact) mass is 281 g/mol. The molecular weight excluding hydrogens is 262 g/mol. The molecule has 2 saturated heterocycles. The number of nitrogens with one attached hydrogen (secondary N) is 1. The Balaban J connectivity index is 1.85. The van der Waals surface area contributed by atoms with Gasteiger partial charge in [-0.05, 0) is 0 Å². The van der Waals surface area contributed by atoms with E-state index in [0.717, 1.165) is 26.2 Å². The summed E-state index contributed by atoms with van der Waals surface area (Å²) in [4.78, 5) is 17.4. The number of hydrogen-bond acceptors (Lipinski definition) is 9. The van der Waals surface area contributed by atoms with Gasteiger partial charge in [-0.25, -0.2) is 5.84 Å². The lowest BCUT2D eigenvalue weighted by atomic mass is 10.4. The predicted molar refractivity (Wildman–Crippen MR) is 73.7 cm³/mol. The smallest absolute Gasteiger partial charge is 0.243 e. The van der Waals surface area contributed by atoms with Crippen molar-refractivity contribution in [1.29, 1.82) is 0 Å². The predicted octanol–water partition coefficient (Wildman–Crippen LogP) is -1.17. The van der Waals surface area contributed by atoms with Crippen molar-refractivity contribution in [3.63, 3.8) is 0 Å². The van der Waals surface area contributed by atoms with Gasteiger partial charge in [0.15, 0.2) is 0 Å². The molecule has 0 radical (unpaired) electrons. The largest absolute Gasteiger partial charge is 0.378 e. The molecule has 3 N–H and O–H groups in total. The molecule has 3 rings (SSSR count). The van der Waals surface area contributed by atoms with Gasteiger partial charge < -0.3 is 19.3 Å². The van der Waals surface area contributed by atoms with Gasteiger partial charge in [0.25, 0.3) is 0 Å². The first kappa shape index (κ1) is 13.3. The fraction of sp³-hybridized carbons (Fsp3) is 0.727. The van der Waals surface area contributed by atoms with Crippen molar-refractivity contribution >= 4 is 17.8 Å². The van der Waals surface area contributed by atoms with Crippen molar-refractivity contribution < 1.29 is 9.47 Å². The normalized spacial score (nSPS) is 20.1. The van der Waals surface area contributed by atoms with Gasteiger partial charge in [-0.1, -0.05) is 0 Å². The summed E-state index contributed by atoms with van der Waals surface area (Å²) in [6.07, 6.45) is 0. The molecule has 2 fully saturated rings. The molecule has 0 aromatic carbocycles. The van der Waals surface area contributed by atoms with Crippen LogP contribution in [0.3, 0.4) is 0 Å². The van der Waals surface area contributed by atoms with Gasteiger partial charge >= 0.3 is 0 Å². The summed E-state index contributed by atoms with van der Waals surface area (Å²) in [5.74, 6) is 7.11. The Bertz CT molecular complexity index is 410. The maximum Gasteiger partial charge on any atom is 0.243 e. The Morgan fingerprint density at radius 2 is 1.25 bits per heavy atom. The molecule has 3 heterocycles. The van der Waals surface area contributed by atoms with Crippen LogP contribution in [0.2, 0.25) is 0 Å². The Morgan fingerprint density at radius 1 is 0.800 bits per heavy atom. The Hall–Kier alpha value is -1.71. The standard InChI is InChI=1S/C11H19N7O2/c12-16-9-13-10(17-1-5-19-6-2-17)15-11(14-9)18-3-7-20-8-4-18/h1-8,12H2,(H,13,14,15,16). The van der Waals surface area contributed by atoms with E-state index in [1.165, 1.54) is 0 Å². The number of nitrogen functional groups attached to an aromatic ring is 1. The van der Waals surface area contributed by atoms with Crippen LogP contribution in [0.25, 0.3) is 0 Å². The fourth-order valence-corrected chi connectivity index (χ4v) is 2.23. The molecule has 20 heavy (non-hydrogen) atoms. The summed E-state index contributed by atoms with van der Waals surface area (Å²) in [5.41, 5.74) is 2.51. The van der Waals surface area contributed by atoms with Crippen molar-refractivity contribution in [1.82, 2.24) is 15.0 Å². The van der Waals surface area contributed by atoms with E-state index in [-0.39, 0.29) is 0 Å². The maximum absolute atomic E-state index is 5.46. The van der Waals surface area contributed by atoms with Gasteiger partial charge in [-0.2, -0.15) is 15.0 Å². The first-order chi connectivity index (χ1) is 9.86. The third kappa shape index (κ3) is 2.89. The first-order valence-corrected chi connectivity index (χ1v) is 6.75. The van der Waals surface area contributed by atoms with Gasteiger partial charge in [0, 0.05) is 26.2 Å². The number of anilines is 3. The molecule has 0 spiro atoms. The minimum Gasteiger partial charge on any atom is -0.378 e. The Morgan fingerprint density at radius 3 is 1.65 bits per heavy atom. The van der Waals surface area contributed by atoms with Crippen LogP contribution >= 0.6 is 0 Å². The maximum atomic E-state index is 5.46. The number of aromatic nitrogens is 3. The Labute approximate surface area is 117 Å². The van der Waals surface area contributed by atoms with E-state index in [9.17, 15) is 0 Å². The highest BCUT2D eigenvalue weighted by atomic mass is 16.5. The molecule has 0 unspecified atom stereocenters. The zero-order valence-electron chi connectivity index (χ0n) is 11.3. The number of nitrogens with two attached hydrogens (primary N) is 1. The van der Waals surface area contributed by atoms with Crippen LogP contribution in [0.1, 0.15) is 0 Å². The average Bonchev–Trinajstić information content (AvgIpc) is 2.56. The summed E-state index contributed by atoms with van der Waals surface area (Å²) >= 11 is 0. The number of morpholine rings is 2. The zero-order chi connectivity index (χ0) is 13.8. The molecule has 2 aliphatic heterocycles. The number of nitrogens with zero attached hydrogens (tertiary/aromatic N) is 5. The van der Waals surface area contributed by atoms with Crippen LogP contribution in [0, 0.1) is 0 Å². The topological polar surface area (TPSA) is 102 Å². The van der Waals surface area contributed by atoms with Crippen molar-refractivity contribution in [2.75, 3.05) is 67.8 Å². The molecular formula is C11H19N7O2. The van der Waals surface area contributed by atoms with E-state index in [4.69, 9.17) is 15.3 Å². The lowest BCUT2D eigenvalue weighted by Crippen LogP contribution is -2.40. The summed E-state index contributed by atoms with van der Waals surface area (Å²) in [6, 6.07) is 0. The van der Waals surface area contributed by atoms with Crippen LogP contribution < -0.4 is 21.1 Å². The molecule has 1 aromatic heterocycles. The molecule has 2 aliphatic rings. The van der Waals surface area contributed by atoms with Gasteiger partial charge in [0.05, 0.1) is 26.4 Å². The number of hydrogen-bond donors (Lipinski definition) is 2. The van der Waals surface area contributed by atoms with Crippen LogP contribution in [0.5, 0.6) is 0 Å². The van der Waals surface area contributed by atoms with Gasteiger partial charge in [-0.3, -0.25) is 5.43 Å². The highest BCUT2D eigenvalue weighted by Crippen LogP contribution is 2.18. The van der Waals surface area contributed by atoms with Crippen molar-refractivity contribution in [2.24, 2.45) is 5.84 Å². The van der Waals surface area contributed by atoms with E-state index >= 15 is 0 Å². The highest BCUT2D eigenvalue weighted by molar-refractivity contribution is 5.45. The second-order valence-electron chi connectivity index (χ2n) is 4.60. The SMILES string of the molecule is NNc1nc(N2CCOCC2)nc(N2CCOCC2)n1. The molecule has 0 saturated carbocycles. The highest BCUT2D eigenvalue weighted by Gasteiger charge is 2.20. The minimum atomic E-state index is 0.378. The summed E-state index contributed by atoms with van der Waals surface area (Å²) in [5, 5.41) is 0. The van der Waals surface area contributed by atoms with Gasteiger partial charge in [0.2, 0.25) is 17.8 Å². The lowest BCUT2D eigenvalue weighted by Gasteiger charge is -2.30. The van der Waals surface area contributed by atoms with Crippen molar-refractivity contribution in [3.05, 3.63) is 0 Å². The second kappa shape index (κ2) is 6.16. The van der Waals surface area contributed by atoms with E-state index in [1.54, 1.807) is 0 Å². The number of hydrazine groups is 1. The Kier molecular flexibility index (Phi) is 4.09. The molecule has 0 bridgehead atoms. The summed E-state index contributed by atoms with van der Waals surface area (Å²) in [6.45, 7) is 5.84. The molecule has 9 heteroatoms. The second-order valence-corrected chi connectivity index (χ2v) is 4.60. The van der Waals surface area contributed by atoms with E-state index in [2.05, 4.69) is 30.2 Å². The van der Waals surface area contributed by atoms with Gasteiger partial charge in [-0.15, -0.1) is 0 Å². The summed E-state index contributed by atoms with van der Waals surface area (Å²) in [7, 11) is 0. The molecule has 9 nitrogen and oxygen atoms in total. The quantitative estimate of drug-likeness (QED) is 0.524. The van der Waals surface area contributed by atoms with Crippen LogP contribution in [-0.4, -0.2) is 67.6 Å². The molecule has 0 atom stereocenters. The first-order valence-electron chi connectivity index (χ1n) is 6.75. The van der Waals surface area contributed by atoms with Crippen LogP contribution in [0.4, 0.5) is 17.8 Å². The third-order valence-corrected chi connectivity index (χ3v) is 3.33. The van der Waals surface area contributed by atoms with E-state index < -0.39 is 0 Å². The van der Waals surface area contributed by atoms with Crippen molar-refractivity contribution in [2.45, 2.75) is 0 Å². The average molecular weight is 281 g/mol. The van der Waals surface area contributed by atoms with Crippen LogP contribution in [-0.2, 0) is 9.47 Å². The lowest BCUT2D eigenvalue weighted by molar-refractivity contribution is 0.121. The van der Waals surface area contributed by atoms with Crippen LogP contribution in [0.15, 0.2) is 0 Å². The minimum absolute atomic E-state index is 0.378. The third-order valence-electron chi connectivity index (χ3n) is 3.33. The van der Waals surface area contributed by atoms with E-state index in [0.29, 0.717) is 44.3 Å². The fourth-order valence-electron chi connectivity index (χ4n) is 2.23. The van der Waals surface area contributed by atoms with Gasteiger partial charge in [0.1, 0.15) is 0 Å². The van der Waals surface area contributed by atoms with Crippen molar-refractivity contribution in [3.8, 4) is 0 Å². The van der Waals surface area contributed by atoms with E-state index in [1.807, 2.05) is 0 Å². The molecule has 110 valence electrons.